The molecule has 5 heteroatoms. The smallest absolute Gasteiger partial charge is 0.218 e. The number of aromatic nitrogens is 1. The first-order chi connectivity index (χ1) is 8.58. The lowest BCUT2D eigenvalue weighted by Crippen LogP contribution is -2.42. The summed E-state index contributed by atoms with van der Waals surface area (Å²) in [6, 6.07) is -0.0294. The van der Waals surface area contributed by atoms with E-state index < -0.39 is 0 Å². The van der Waals surface area contributed by atoms with Gasteiger partial charge in [0.2, 0.25) is 5.89 Å². The SMILES string of the molecule is CCC1(CC)CSC(=NC(C)c2ncc(C)o2)N1. The van der Waals surface area contributed by atoms with Crippen molar-refractivity contribution in [1.29, 1.82) is 0 Å². The average Bonchev–Trinajstić information content (AvgIpc) is 2.96. The van der Waals surface area contributed by atoms with E-state index >= 15 is 0 Å². The lowest BCUT2D eigenvalue weighted by molar-refractivity contribution is 0.405. The highest BCUT2D eigenvalue weighted by Crippen LogP contribution is 2.30. The molecule has 0 spiro atoms. The average molecular weight is 267 g/mol. The van der Waals surface area contributed by atoms with E-state index in [0.717, 1.165) is 29.5 Å². The Balaban J connectivity index is 2.07. The normalized spacial score (nSPS) is 22.1. The molecule has 1 aliphatic rings. The molecule has 1 aromatic rings. The summed E-state index contributed by atoms with van der Waals surface area (Å²) in [5.41, 5.74) is 0.218. The van der Waals surface area contributed by atoms with Gasteiger partial charge in [0.1, 0.15) is 11.8 Å². The van der Waals surface area contributed by atoms with E-state index in [0.29, 0.717) is 5.89 Å². The predicted molar refractivity (Wildman–Crippen MR) is 76.0 cm³/mol. The molecule has 0 amide bonds. The minimum Gasteiger partial charge on any atom is -0.444 e. The lowest BCUT2D eigenvalue weighted by atomic mass is 9.96. The van der Waals surface area contributed by atoms with Crippen molar-refractivity contribution in [2.45, 2.75) is 52.1 Å². The third kappa shape index (κ3) is 2.71. The standard InChI is InChI=1S/C13H21N3OS/c1-5-13(6-2)8-18-12(16-13)15-10(4)11-14-7-9(3)17-11/h7,10H,5-6,8H2,1-4H3,(H,15,16). The van der Waals surface area contributed by atoms with E-state index in [1.54, 1.807) is 18.0 Å². The molecule has 4 nitrogen and oxygen atoms in total. The first-order valence-corrected chi connectivity index (χ1v) is 7.48. The Bertz CT molecular complexity index is 437. The first kappa shape index (κ1) is 13.5. The number of rotatable bonds is 4. The van der Waals surface area contributed by atoms with Crippen LogP contribution in [0.4, 0.5) is 0 Å². The van der Waals surface area contributed by atoms with Crippen molar-refractivity contribution >= 4 is 16.9 Å². The molecule has 0 aliphatic carbocycles. The number of hydrogen-bond acceptors (Lipinski definition) is 4. The van der Waals surface area contributed by atoms with E-state index in [-0.39, 0.29) is 11.6 Å². The van der Waals surface area contributed by atoms with Gasteiger partial charge in [-0.05, 0) is 26.7 Å². The molecule has 0 saturated carbocycles. The Morgan fingerprint density at radius 3 is 2.78 bits per heavy atom. The summed E-state index contributed by atoms with van der Waals surface area (Å²) >= 11 is 1.80. The second kappa shape index (κ2) is 5.34. The number of hydrogen-bond donors (Lipinski definition) is 1. The summed E-state index contributed by atoms with van der Waals surface area (Å²) < 4.78 is 5.50. The number of thioether (sulfide) groups is 1. The molecule has 1 aliphatic heterocycles. The van der Waals surface area contributed by atoms with Crippen LogP contribution >= 0.6 is 11.8 Å². The van der Waals surface area contributed by atoms with E-state index in [1.165, 1.54) is 0 Å². The molecule has 100 valence electrons. The van der Waals surface area contributed by atoms with E-state index in [2.05, 4.69) is 29.1 Å². The number of oxazole rings is 1. The van der Waals surface area contributed by atoms with Gasteiger partial charge in [0.05, 0.1) is 6.20 Å². The van der Waals surface area contributed by atoms with Crippen molar-refractivity contribution in [3.8, 4) is 0 Å². The highest BCUT2D eigenvalue weighted by molar-refractivity contribution is 8.14. The summed E-state index contributed by atoms with van der Waals surface area (Å²) in [7, 11) is 0. The molecule has 1 atom stereocenters. The zero-order valence-corrected chi connectivity index (χ0v) is 12.3. The van der Waals surface area contributed by atoms with Gasteiger partial charge in [-0.2, -0.15) is 0 Å². The fourth-order valence-electron chi connectivity index (χ4n) is 2.00. The minimum atomic E-state index is -0.0294. The van der Waals surface area contributed by atoms with Crippen LogP contribution in [0.25, 0.3) is 0 Å². The number of nitrogens with one attached hydrogen (secondary N) is 1. The summed E-state index contributed by atoms with van der Waals surface area (Å²) in [4.78, 5) is 8.89. The van der Waals surface area contributed by atoms with Gasteiger partial charge in [-0.1, -0.05) is 25.6 Å². The molecule has 0 radical (unpaired) electrons. The van der Waals surface area contributed by atoms with Gasteiger partial charge in [0.15, 0.2) is 5.17 Å². The van der Waals surface area contributed by atoms with E-state index in [4.69, 9.17) is 4.42 Å². The van der Waals surface area contributed by atoms with E-state index in [9.17, 15) is 0 Å². The number of aliphatic imine (C=N–C) groups is 1. The molecule has 18 heavy (non-hydrogen) atoms. The highest BCUT2D eigenvalue weighted by atomic mass is 32.2. The number of aryl methyl sites for hydroxylation is 1. The summed E-state index contributed by atoms with van der Waals surface area (Å²) in [6.45, 7) is 8.36. The van der Waals surface area contributed by atoms with Crippen LogP contribution in [0.15, 0.2) is 15.6 Å². The van der Waals surface area contributed by atoms with Crippen LogP contribution in [0.5, 0.6) is 0 Å². The molecule has 2 heterocycles. The van der Waals surface area contributed by atoms with Crippen LogP contribution in [-0.4, -0.2) is 21.4 Å². The Labute approximate surface area is 113 Å². The molecule has 1 N–H and O–H groups in total. The van der Waals surface area contributed by atoms with Gasteiger partial charge in [-0.3, -0.25) is 0 Å². The molecule has 0 bridgehead atoms. The van der Waals surface area contributed by atoms with Crippen molar-refractivity contribution in [3.05, 3.63) is 17.8 Å². The van der Waals surface area contributed by atoms with Crippen molar-refractivity contribution in [1.82, 2.24) is 10.3 Å². The topological polar surface area (TPSA) is 50.4 Å². The summed E-state index contributed by atoms with van der Waals surface area (Å²) in [5, 5.41) is 4.57. The van der Waals surface area contributed by atoms with Crippen molar-refractivity contribution in [2.75, 3.05) is 5.75 Å². The lowest BCUT2D eigenvalue weighted by Gasteiger charge is -2.25. The highest BCUT2D eigenvalue weighted by Gasteiger charge is 2.34. The minimum absolute atomic E-state index is 0.0294. The van der Waals surface area contributed by atoms with Crippen LogP contribution < -0.4 is 5.32 Å². The Morgan fingerprint density at radius 2 is 2.28 bits per heavy atom. The van der Waals surface area contributed by atoms with Gasteiger partial charge in [0.25, 0.3) is 0 Å². The van der Waals surface area contributed by atoms with Crippen molar-refractivity contribution in [3.63, 3.8) is 0 Å². The van der Waals surface area contributed by atoms with Crippen molar-refractivity contribution < 1.29 is 4.42 Å². The zero-order chi connectivity index (χ0) is 13.2. The maximum atomic E-state index is 5.50. The Kier molecular flexibility index (Phi) is 4.00. The Morgan fingerprint density at radius 1 is 1.56 bits per heavy atom. The fraction of sp³-hybridized carbons (Fsp3) is 0.692. The van der Waals surface area contributed by atoms with Crippen LogP contribution in [-0.2, 0) is 0 Å². The molecule has 1 aromatic heterocycles. The molecular weight excluding hydrogens is 246 g/mol. The summed E-state index contributed by atoms with van der Waals surface area (Å²) in [5.74, 6) is 2.62. The first-order valence-electron chi connectivity index (χ1n) is 6.49. The molecule has 0 aromatic carbocycles. The number of nitrogens with zero attached hydrogens (tertiary/aromatic N) is 2. The van der Waals surface area contributed by atoms with Crippen molar-refractivity contribution in [2.24, 2.45) is 4.99 Å². The van der Waals surface area contributed by atoms with Gasteiger partial charge < -0.3 is 9.73 Å². The van der Waals surface area contributed by atoms with E-state index in [1.807, 2.05) is 13.8 Å². The van der Waals surface area contributed by atoms with Gasteiger partial charge >= 0.3 is 0 Å². The molecule has 1 unspecified atom stereocenters. The van der Waals surface area contributed by atoms with Crippen LogP contribution in [0, 0.1) is 6.92 Å². The summed E-state index contributed by atoms with van der Waals surface area (Å²) in [6.07, 6.45) is 3.99. The van der Waals surface area contributed by atoms with Gasteiger partial charge in [0, 0.05) is 11.3 Å². The third-order valence-corrected chi connectivity index (χ3v) is 4.70. The van der Waals surface area contributed by atoms with Gasteiger partial charge in [-0.25, -0.2) is 9.98 Å². The quantitative estimate of drug-likeness (QED) is 0.909. The maximum absolute atomic E-state index is 5.50. The number of amidine groups is 1. The zero-order valence-electron chi connectivity index (χ0n) is 11.5. The van der Waals surface area contributed by atoms with Crippen LogP contribution in [0.1, 0.15) is 51.3 Å². The van der Waals surface area contributed by atoms with Crippen LogP contribution in [0.2, 0.25) is 0 Å². The maximum Gasteiger partial charge on any atom is 0.218 e. The third-order valence-electron chi connectivity index (χ3n) is 3.52. The van der Waals surface area contributed by atoms with Gasteiger partial charge in [-0.15, -0.1) is 0 Å². The molecular formula is C13H21N3OS. The molecule has 1 fully saturated rings. The molecule has 2 rings (SSSR count). The monoisotopic (exact) mass is 267 g/mol. The fourth-order valence-corrected chi connectivity index (χ4v) is 3.42. The second-order valence-electron chi connectivity index (χ2n) is 4.82. The molecule has 1 saturated heterocycles. The second-order valence-corrected chi connectivity index (χ2v) is 5.78. The largest absolute Gasteiger partial charge is 0.444 e. The Hall–Kier alpha value is -0.970. The predicted octanol–water partition coefficient (Wildman–Crippen LogP) is 3.30. The van der Waals surface area contributed by atoms with Crippen LogP contribution in [0.3, 0.4) is 0 Å².